The molecule has 0 unspecified atom stereocenters. The van der Waals surface area contributed by atoms with Gasteiger partial charge < -0.3 is 15.5 Å². The second-order valence-corrected chi connectivity index (χ2v) is 6.39. The molecule has 1 aliphatic carbocycles. The molecule has 5 heteroatoms. The number of carbonyl (C=O) groups excluding carboxylic acids is 2. The summed E-state index contributed by atoms with van der Waals surface area (Å²) in [6.45, 7) is 4.90. The Hall–Kier alpha value is -1.10. The number of carbonyl (C=O) groups is 2. The normalized spacial score (nSPS) is 30.8. The van der Waals surface area contributed by atoms with Crippen LogP contribution in [0.5, 0.6) is 0 Å². The zero-order valence-electron chi connectivity index (χ0n) is 12.2. The number of piperazine rings is 1. The highest BCUT2D eigenvalue weighted by atomic mass is 16.2. The van der Waals surface area contributed by atoms with E-state index < -0.39 is 5.54 Å². The minimum atomic E-state index is -0.729. The van der Waals surface area contributed by atoms with Crippen molar-refractivity contribution < 1.29 is 9.59 Å². The Morgan fingerprint density at radius 3 is 2.63 bits per heavy atom. The maximum absolute atomic E-state index is 12.5. The highest BCUT2D eigenvalue weighted by Gasteiger charge is 2.43. The van der Waals surface area contributed by atoms with E-state index in [-0.39, 0.29) is 23.8 Å². The Bertz CT molecular complexity index is 381. The molecule has 108 valence electrons. The van der Waals surface area contributed by atoms with E-state index in [4.69, 9.17) is 5.73 Å². The number of amides is 2. The summed E-state index contributed by atoms with van der Waals surface area (Å²) in [7, 11) is 1.79. The summed E-state index contributed by atoms with van der Waals surface area (Å²) in [6.07, 6.45) is 3.66. The van der Waals surface area contributed by atoms with Crippen molar-refractivity contribution in [2.24, 2.45) is 11.7 Å². The smallest absolute Gasteiger partial charge is 0.247 e. The van der Waals surface area contributed by atoms with E-state index in [0.29, 0.717) is 19.5 Å². The molecule has 1 saturated carbocycles. The van der Waals surface area contributed by atoms with E-state index in [2.05, 4.69) is 0 Å². The van der Waals surface area contributed by atoms with Gasteiger partial charge in [-0.15, -0.1) is 0 Å². The molecule has 1 heterocycles. The lowest BCUT2D eigenvalue weighted by Crippen LogP contribution is -2.63. The van der Waals surface area contributed by atoms with Gasteiger partial charge in [-0.05, 0) is 32.6 Å². The van der Waals surface area contributed by atoms with Crippen LogP contribution in [0.1, 0.15) is 39.5 Å². The average molecular weight is 267 g/mol. The summed E-state index contributed by atoms with van der Waals surface area (Å²) >= 11 is 0. The molecule has 0 radical (unpaired) electrons. The summed E-state index contributed by atoms with van der Waals surface area (Å²) in [4.78, 5) is 28.1. The number of hydrogen-bond acceptors (Lipinski definition) is 3. The zero-order chi connectivity index (χ0) is 14.2. The summed E-state index contributed by atoms with van der Waals surface area (Å²) in [6, 6.07) is 0.148. The van der Waals surface area contributed by atoms with Crippen LogP contribution in [-0.4, -0.2) is 53.3 Å². The van der Waals surface area contributed by atoms with Gasteiger partial charge in [-0.1, -0.05) is 6.42 Å². The molecular formula is C14H25N3O2. The van der Waals surface area contributed by atoms with Crippen LogP contribution in [0.15, 0.2) is 0 Å². The molecule has 0 aromatic heterocycles. The van der Waals surface area contributed by atoms with Crippen molar-refractivity contribution in [1.29, 1.82) is 0 Å². The highest BCUT2D eigenvalue weighted by Crippen LogP contribution is 2.30. The standard InChI is InChI=1S/C14H25N3O2/c1-14(2)13(19)16(3)7-8-17(14)12(18)9-10-5-4-6-11(10)15/h10-11H,4-9,15H2,1-3H3/t10-,11+/m0/s1. The number of nitrogens with two attached hydrogens (primary N) is 1. The maximum Gasteiger partial charge on any atom is 0.247 e. The van der Waals surface area contributed by atoms with Crippen LogP contribution in [0.25, 0.3) is 0 Å². The molecule has 2 N–H and O–H groups in total. The molecule has 2 amide bonds. The number of likely N-dealkylation sites (N-methyl/N-ethyl adjacent to an activating group) is 1. The third-order valence-corrected chi connectivity index (χ3v) is 4.66. The minimum absolute atomic E-state index is 0.0165. The topological polar surface area (TPSA) is 66.6 Å². The van der Waals surface area contributed by atoms with Crippen LogP contribution in [0, 0.1) is 5.92 Å². The molecule has 2 aliphatic rings. The summed E-state index contributed by atoms with van der Waals surface area (Å²) in [5.41, 5.74) is 5.30. The largest absolute Gasteiger partial charge is 0.342 e. The van der Waals surface area contributed by atoms with Gasteiger partial charge in [-0.3, -0.25) is 9.59 Å². The fraction of sp³-hybridized carbons (Fsp3) is 0.857. The zero-order valence-corrected chi connectivity index (χ0v) is 12.2. The SMILES string of the molecule is CN1CCN(C(=O)C[C@@H]2CCC[C@H]2N)C(C)(C)C1=O. The lowest BCUT2D eigenvalue weighted by Gasteiger charge is -2.45. The monoisotopic (exact) mass is 267 g/mol. The predicted molar refractivity (Wildman–Crippen MR) is 73.4 cm³/mol. The predicted octanol–water partition coefficient (Wildman–Crippen LogP) is 0.583. The van der Waals surface area contributed by atoms with Crippen LogP contribution in [-0.2, 0) is 9.59 Å². The van der Waals surface area contributed by atoms with Gasteiger partial charge in [0.25, 0.3) is 0 Å². The molecule has 0 bridgehead atoms. The van der Waals surface area contributed by atoms with Crippen molar-refractivity contribution in [3.63, 3.8) is 0 Å². The number of rotatable bonds is 2. The van der Waals surface area contributed by atoms with Gasteiger partial charge in [-0.25, -0.2) is 0 Å². The molecule has 5 nitrogen and oxygen atoms in total. The van der Waals surface area contributed by atoms with E-state index in [1.165, 1.54) is 0 Å². The lowest BCUT2D eigenvalue weighted by atomic mass is 9.94. The highest BCUT2D eigenvalue weighted by molar-refractivity contribution is 5.91. The van der Waals surface area contributed by atoms with Gasteiger partial charge in [-0.2, -0.15) is 0 Å². The van der Waals surface area contributed by atoms with Crippen LogP contribution >= 0.6 is 0 Å². The molecule has 2 fully saturated rings. The molecule has 1 saturated heterocycles. The van der Waals surface area contributed by atoms with Gasteiger partial charge in [0.1, 0.15) is 5.54 Å². The third-order valence-electron chi connectivity index (χ3n) is 4.66. The van der Waals surface area contributed by atoms with E-state index in [1.54, 1.807) is 16.8 Å². The molecule has 0 spiro atoms. The van der Waals surface area contributed by atoms with E-state index in [0.717, 1.165) is 19.3 Å². The van der Waals surface area contributed by atoms with Crippen molar-refractivity contribution in [3.8, 4) is 0 Å². The Balaban J connectivity index is 2.04. The van der Waals surface area contributed by atoms with Crippen molar-refractivity contribution in [2.75, 3.05) is 20.1 Å². The van der Waals surface area contributed by atoms with E-state index in [1.807, 2.05) is 13.8 Å². The van der Waals surface area contributed by atoms with Crippen molar-refractivity contribution in [3.05, 3.63) is 0 Å². The summed E-state index contributed by atoms with van der Waals surface area (Å²) in [5, 5.41) is 0. The minimum Gasteiger partial charge on any atom is -0.342 e. The molecule has 0 aromatic rings. The molecule has 2 rings (SSSR count). The fourth-order valence-corrected chi connectivity index (χ4v) is 3.30. The molecular weight excluding hydrogens is 242 g/mol. The summed E-state index contributed by atoms with van der Waals surface area (Å²) < 4.78 is 0. The second-order valence-electron chi connectivity index (χ2n) is 6.39. The first-order valence-electron chi connectivity index (χ1n) is 7.15. The molecule has 1 aliphatic heterocycles. The van der Waals surface area contributed by atoms with Crippen molar-refractivity contribution in [2.45, 2.75) is 51.1 Å². The molecule has 19 heavy (non-hydrogen) atoms. The van der Waals surface area contributed by atoms with Crippen molar-refractivity contribution >= 4 is 11.8 Å². The number of hydrogen-bond donors (Lipinski definition) is 1. The first-order valence-corrected chi connectivity index (χ1v) is 7.15. The molecule has 2 atom stereocenters. The Morgan fingerprint density at radius 2 is 2.05 bits per heavy atom. The Morgan fingerprint density at radius 1 is 1.37 bits per heavy atom. The van der Waals surface area contributed by atoms with Crippen molar-refractivity contribution in [1.82, 2.24) is 9.80 Å². The fourth-order valence-electron chi connectivity index (χ4n) is 3.30. The van der Waals surface area contributed by atoms with Gasteiger partial charge in [0.05, 0.1) is 0 Å². The first kappa shape index (κ1) is 14.3. The second kappa shape index (κ2) is 5.12. The average Bonchev–Trinajstić information content (AvgIpc) is 2.72. The van der Waals surface area contributed by atoms with Crippen LogP contribution in [0.4, 0.5) is 0 Å². The summed E-state index contributed by atoms with van der Waals surface area (Å²) in [5.74, 6) is 0.384. The Labute approximate surface area is 115 Å². The van der Waals surface area contributed by atoms with Crippen LogP contribution in [0.3, 0.4) is 0 Å². The van der Waals surface area contributed by atoms with Gasteiger partial charge in [0, 0.05) is 32.6 Å². The number of nitrogens with zero attached hydrogens (tertiary/aromatic N) is 2. The third kappa shape index (κ3) is 2.61. The van der Waals surface area contributed by atoms with E-state index >= 15 is 0 Å². The quantitative estimate of drug-likeness (QED) is 0.796. The molecule has 0 aromatic carbocycles. The lowest BCUT2D eigenvalue weighted by molar-refractivity contribution is -0.157. The van der Waals surface area contributed by atoms with Crippen LogP contribution in [0.2, 0.25) is 0 Å². The maximum atomic E-state index is 12.5. The first-order chi connectivity index (χ1) is 8.84. The van der Waals surface area contributed by atoms with Gasteiger partial charge >= 0.3 is 0 Å². The van der Waals surface area contributed by atoms with Gasteiger partial charge in [0.2, 0.25) is 11.8 Å². The Kier molecular flexibility index (Phi) is 3.85. The van der Waals surface area contributed by atoms with Gasteiger partial charge in [0.15, 0.2) is 0 Å². The van der Waals surface area contributed by atoms with E-state index in [9.17, 15) is 9.59 Å². The van der Waals surface area contributed by atoms with Crippen LogP contribution < -0.4 is 5.73 Å².